The molecular weight excluding hydrogens is 188 g/mol. The summed E-state index contributed by atoms with van der Waals surface area (Å²) in [6.45, 7) is 10.5. The maximum atomic E-state index is 5.23. The third-order valence-electron chi connectivity index (χ3n) is 2.74. The minimum absolute atomic E-state index is 0.549. The smallest absolute Gasteiger partial charge is 0.0654 e. The van der Waals surface area contributed by atoms with Crippen LogP contribution in [0.4, 0.5) is 0 Å². The molecule has 0 saturated carbocycles. The molecule has 0 aromatic carbocycles. The molecule has 3 nitrogen and oxygen atoms in total. The molecule has 3 heteroatoms. The van der Waals surface area contributed by atoms with E-state index in [1.807, 2.05) is 6.92 Å². The molecule has 1 rings (SSSR count). The van der Waals surface area contributed by atoms with Gasteiger partial charge in [0, 0.05) is 25.7 Å². The summed E-state index contributed by atoms with van der Waals surface area (Å²) in [5.41, 5.74) is 4.52. The summed E-state index contributed by atoms with van der Waals surface area (Å²) >= 11 is 0. The molecule has 0 aromatic rings. The fourth-order valence-electron chi connectivity index (χ4n) is 1.75. The van der Waals surface area contributed by atoms with Crippen molar-refractivity contribution in [3.8, 4) is 0 Å². The van der Waals surface area contributed by atoms with Gasteiger partial charge in [-0.25, -0.2) is 0 Å². The molecule has 0 atom stereocenters. The molecule has 0 spiro atoms. The Morgan fingerprint density at radius 3 is 2.60 bits per heavy atom. The second kappa shape index (κ2) is 6.99. The van der Waals surface area contributed by atoms with Crippen LogP contribution < -0.4 is 5.48 Å². The lowest BCUT2D eigenvalue weighted by atomic mass is 10.1. The predicted molar refractivity (Wildman–Crippen MR) is 63.7 cm³/mol. The van der Waals surface area contributed by atoms with E-state index in [1.165, 1.54) is 31.5 Å². The van der Waals surface area contributed by atoms with Gasteiger partial charge in [-0.2, -0.15) is 5.48 Å². The van der Waals surface area contributed by atoms with Gasteiger partial charge in [-0.1, -0.05) is 11.6 Å². The number of piperidine rings is 1. The van der Waals surface area contributed by atoms with Gasteiger partial charge in [0.25, 0.3) is 0 Å². The number of likely N-dealkylation sites (tertiary alicyclic amines) is 1. The topological polar surface area (TPSA) is 24.5 Å². The zero-order chi connectivity index (χ0) is 11.1. The number of nitrogens with zero attached hydrogens (tertiary/aromatic N) is 1. The van der Waals surface area contributed by atoms with E-state index in [-0.39, 0.29) is 0 Å². The quantitative estimate of drug-likeness (QED) is 0.557. The largest absolute Gasteiger partial charge is 0.302 e. The maximum Gasteiger partial charge on any atom is 0.0654 e. The Hall–Kier alpha value is -0.380. The Bertz CT molecular complexity index is 192. The van der Waals surface area contributed by atoms with Gasteiger partial charge < -0.3 is 4.84 Å². The minimum atomic E-state index is 0.549. The average Bonchev–Trinajstić information content (AvgIpc) is 2.25. The van der Waals surface area contributed by atoms with Gasteiger partial charge >= 0.3 is 0 Å². The van der Waals surface area contributed by atoms with Crippen molar-refractivity contribution in [3.05, 3.63) is 11.6 Å². The van der Waals surface area contributed by atoms with Gasteiger partial charge in [-0.3, -0.25) is 4.90 Å². The molecule has 1 aliphatic heterocycles. The lowest BCUT2D eigenvalue weighted by Gasteiger charge is -2.31. The summed E-state index contributed by atoms with van der Waals surface area (Å²) in [6.07, 6.45) is 4.68. The first-order valence-electron chi connectivity index (χ1n) is 5.95. The average molecular weight is 212 g/mol. The number of hydroxylamine groups is 1. The summed E-state index contributed by atoms with van der Waals surface area (Å²) in [4.78, 5) is 7.72. The van der Waals surface area contributed by atoms with Gasteiger partial charge in [-0.05, 0) is 33.6 Å². The van der Waals surface area contributed by atoms with Crippen molar-refractivity contribution in [1.29, 1.82) is 0 Å². The summed E-state index contributed by atoms with van der Waals surface area (Å²) in [6, 6.07) is 0.549. The molecule has 1 N–H and O–H groups in total. The third-order valence-corrected chi connectivity index (χ3v) is 2.74. The van der Waals surface area contributed by atoms with Crippen molar-refractivity contribution >= 4 is 0 Å². The molecule has 1 aliphatic rings. The van der Waals surface area contributed by atoms with E-state index >= 15 is 0 Å². The first-order valence-corrected chi connectivity index (χ1v) is 5.95. The third kappa shape index (κ3) is 5.30. The Kier molecular flexibility index (Phi) is 5.91. The SMILES string of the molecule is CCONC1CCN(CC=C(C)C)CC1. The van der Waals surface area contributed by atoms with Crippen LogP contribution in [0.15, 0.2) is 11.6 Å². The summed E-state index contributed by atoms with van der Waals surface area (Å²) in [5.74, 6) is 0. The number of hydrogen-bond donors (Lipinski definition) is 1. The van der Waals surface area contributed by atoms with Gasteiger partial charge in [0.05, 0.1) is 6.61 Å². The second-order valence-corrected chi connectivity index (χ2v) is 4.41. The van der Waals surface area contributed by atoms with E-state index in [0.29, 0.717) is 6.04 Å². The normalized spacial score (nSPS) is 19.1. The first kappa shape index (κ1) is 12.7. The highest BCUT2D eigenvalue weighted by Crippen LogP contribution is 2.10. The standard InChI is InChI=1S/C12H24N2O/c1-4-15-13-12-6-9-14(10-7-12)8-5-11(2)3/h5,12-13H,4,6-10H2,1-3H3. The van der Waals surface area contributed by atoms with E-state index in [9.17, 15) is 0 Å². The van der Waals surface area contributed by atoms with Gasteiger partial charge in [0.1, 0.15) is 0 Å². The van der Waals surface area contributed by atoms with E-state index in [4.69, 9.17) is 4.84 Å². The Balaban J connectivity index is 2.15. The first-order chi connectivity index (χ1) is 7.22. The molecule has 0 unspecified atom stereocenters. The Morgan fingerprint density at radius 1 is 1.40 bits per heavy atom. The predicted octanol–water partition coefficient (Wildman–Crippen LogP) is 1.96. The fraction of sp³-hybridized carbons (Fsp3) is 0.833. The van der Waals surface area contributed by atoms with Gasteiger partial charge in [-0.15, -0.1) is 0 Å². The van der Waals surface area contributed by atoms with Crippen LogP contribution in [-0.4, -0.2) is 37.2 Å². The van der Waals surface area contributed by atoms with Crippen molar-refractivity contribution in [2.45, 2.75) is 39.7 Å². The van der Waals surface area contributed by atoms with Crippen molar-refractivity contribution in [1.82, 2.24) is 10.4 Å². The molecule has 88 valence electrons. The molecule has 15 heavy (non-hydrogen) atoms. The van der Waals surface area contributed by atoms with Crippen molar-refractivity contribution in [3.63, 3.8) is 0 Å². The number of nitrogens with one attached hydrogen (secondary N) is 1. The molecule has 1 saturated heterocycles. The maximum absolute atomic E-state index is 5.23. The summed E-state index contributed by atoms with van der Waals surface area (Å²) in [7, 11) is 0. The van der Waals surface area contributed by atoms with Crippen LogP contribution in [0.2, 0.25) is 0 Å². The van der Waals surface area contributed by atoms with Crippen molar-refractivity contribution in [2.75, 3.05) is 26.2 Å². The van der Waals surface area contributed by atoms with Crippen molar-refractivity contribution < 1.29 is 4.84 Å². The van der Waals surface area contributed by atoms with E-state index in [0.717, 1.165) is 13.2 Å². The van der Waals surface area contributed by atoms with Crippen LogP contribution in [0.3, 0.4) is 0 Å². The summed E-state index contributed by atoms with van der Waals surface area (Å²) < 4.78 is 0. The number of rotatable bonds is 5. The molecule has 1 fully saturated rings. The van der Waals surface area contributed by atoms with E-state index < -0.39 is 0 Å². The molecule has 1 heterocycles. The lowest BCUT2D eigenvalue weighted by molar-refractivity contribution is 0.00757. The van der Waals surface area contributed by atoms with Crippen LogP contribution in [-0.2, 0) is 4.84 Å². The minimum Gasteiger partial charge on any atom is -0.302 e. The van der Waals surface area contributed by atoms with Crippen LogP contribution in [0, 0.1) is 0 Å². The van der Waals surface area contributed by atoms with Crippen LogP contribution in [0.25, 0.3) is 0 Å². The van der Waals surface area contributed by atoms with Crippen LogP contribution in [0.5, 0.6) is 0 Å². The number of allylic oxidation sites excluding steroid dienone is 1. The van der Waals surface area contributed by atoms with Crippen LogP contribution >= 0.6 is 0 Å². The Labute approximate surface area is 93.4 Å². The number of hydrogen-bond acceptors (Lipinski definition) is 3. The molecular formula is C12H24N2O. The van der Waals surface area contributed by atoms with E-state index in [2.05, 4.69) is 30.3 Å². The monoisotopic (exact) mass is 212 g/mol. The highest BCUT2D eigenvalue weighted by atomic mass is 16.6. The molecule has 0 aromatic heterocycles. The van der Waals surface area contributed by atoms with Crippen molar-refractivity contribution in [2.24, 2.45) is 0 Å². The van der Waals surface area contributed by atoms with Gasteiger partial charge in [0.2, 0.25) is 0 Å². The molecule has 0 radical (unpaired) electrons. The zero-order valence-corrected chi connectivity index (χ0v) is 10.3. The van der Waals surface area contributed by atoms with Crippen LogP contribution in [0.1, 0.15) is 33.6 Å². The van der Waals surface area contributed by atoms with E-state index in [1.54, 1.807) is 0 Å². The zero-order valence-electron chi connectivity index (χ0n) is 10.3. The molecule has 0 aliphatic carbocycles. The molecule has 0 bridgehead atoms. The lowest BCUT2D eigenvalue weighted by Crippen LogP contribution is -2.42. The molecule has 0 amide bonds. The van der Waals surface area contributed by atoms with Gasteiger partial charge in [0.15, 0.2) is 0 Å². The fourth-order valence-corrected chi connectivity index (χ4v) is 1.75. The Morgan fingerprint density at radius 2 is 2.07 bits per heavy atom. The second-order valence-electron chi connectivity index (χ2n) is 4.41. The summed E-state index contributed by atoms with van der Waals surface area (Å²) in [5, 5.41) is 0. The highest BCUT2D eigenvalue weighted by Gasteiger charge is 2.17. The highest BCUT2D eigenvalue weighted by molar-refractivity contribution is 4.95.